The molecule has 0 amide bonds. The van der Waals surface area contributed by atoms with Crippen LogP contribution in [0, 0.1) is 38.3 Å². The fraction of sp³-hybridized carbons (Fsp3) is 0.500. The van der Waals surface area contributed by atoms with Crippen LogP contribution in [-0.2, 0) is 32.3 Å². The largest absolute Gasteiger partial charge is 0.353 e. The molecular weight excluding hydrogens is 370 g/mol. The maximum absolute atomic E-state index is 12.2. The van der Waals surface area contributed by atoms with Gasteiger partial charge in [-0.25, -0.2) is 9.38 Å². The van der Waals surface area contributed by atoms with Gasteiger partial charge in [0, 0.05) is 25.5 Å². The van der Waals surface area contributed by atoms with E-state index in [1.807, 2.05) is 6.19 Å². The van der Waals surface area contributed by atoms with E-state index in [0.29, 0.717) is 5.96 Å². The van der Waals surface area contributed by atoms with E-state index in [1.165, 1.54) is 27.8 Å². The number of fused-ring (bicyclic) bond motifs is 1. The molecule has 1 aliphatic rings. The predicted octanol–water partition coefficient (Wildman–Crippen LogP) is 1.86. The van der Waals surface area contributed by atoms with Gasteiger partial charge in [-0.15, -0.1) is 11.1 Å². The van der Waals surface area contributed by atoms with Gasteiger partial charge in [-0.2, -0.15) is 28.0 Å². The quantitative estimate of drug-likeness (QED) is 0.207. The van der Waals surface area contributed by atoms with E-state index in [9.17, 15) is 4.39 Å². The molecule has 4 nitrogen and oxygen atoms in total. The summed E-state index contributed by atoms with van der Waals surface area (Å²) in [4.78, 5) is 4.01. The smallest absolute Gasteiger partial charge is 0.204 e. The third-order valence-corrected chi connectivity index (χ3v) is 3.98. The summed E-state index contributed by atoms with van der Waals surface area (Å²) in [7, 11) is 0. The summed E-state index contributed by atoms with van der Waals surface area (Å²) in [6.45, 7) is 5.81. The molecule has 22 heavy (non-hydrogen) atoms. The number of benzene rings is 1. The van der Waals surface area contributed by atoms with E-state index in [0.717, 1.165) is 12.8 Å². The molecule has 0 fully saturated rings. The summed E-state index contributed by atoms with van der Waals surface area (Å²) in [5.74, 6) is 0.351. The minimum atomic E-state index is -0.532. The first-order valence-corrected chi connectivity index (χ1v) is 7.09. The first-order valence-electron chi connectivity index (χ1n) is 7.09. The van der Waals surface area contributed by atoms with Crippen molar-refractivity contribution in [2.45, 2.75) is 39.7 Å². The standard InChI is InChI=1S/C16H20FN4.Rh/c1-10-6-11(2)14-7-13(8-15(14)12(10)3)21-16(20-9-18)19-5-4-17;/h13H,4-5,7-8H2,1-3H3,(H2,19,20,21);/q-1;. The van der Waals surface area contributed by atoms with Crippen LogP contribution in [0.3, 0.4) is 0 Å². The van der Waals surface area contributed by atoms with Crippen molar-refractivity contribution < 1.29 is 23.9 Å². The summed E-state index contributed by atoms with van der Waals surface area (Å²) in [5, 5.41) is 14.4. The van der Waals surface area contributed by atoms with Crippen LogP contribution in [0.5, 0.6) is 0 Å². The topological polar surface area (TPSA) is 60.2 Å². The summed E-state index contributed by atoms with van der Waals surface area (Å²) < 4.78 is 12.2. The van der Waals surface area contributed by atoms with Gasteiger partial charge < -0.3 is 5.32 Å². The molecule has 1 atom stereocenters. The number of rotatable bonds is 3. The summed E-state index contributed by atoms with van der Waals surface area (Å²) in [5.41, 5.74) is 6.36. The Hall–Kier alpha value is -1.47. The second-order valence-electron chi connectivity index (χ2n) is 5.36. The van der Waals surface area contributed by atoms with Crippen molar-refractivity contribution >= 4 is 5.96 Å². The number of guanidine groups is 1. The molecular formula is C16H20FN4Rh-. The second-order valence-corrected chi connectivity index (χ2v) is 5.36. The Morgan fingerprint density at radius 1 is 1.32 bits per heavy atom. The maximum atomic E-state index is 12.2. The van der Waals surface area contributed by atoms with Gasteiger partial charge in [0.15, 0.2) is 6.19 Å². The van der Waals surface area contributed by atoms with Crippen molar-refractivity contribution in [1.82, 2.24) is 10.6 Å². The summed E-state index contributed by atoms with van der Waals surface area (Å²) in [6, 6.07) is 3.57. The minimum Gasteiger partial charge on any atom is -0.353 e. The Morgan fingerprint density at radius 2 is 2.00 bits per heavy atom. The predicted molar refractivity (Wildman–Crippen MR) is 80.8 cm³/mol. The van der Waals surface area contributed by atoms with Crippen molar-refractivity contribution in [2.75, 3.05) is 13.2 Å². The van der Waals surface area contributed by atoms with Gasteiger partial charge in [0.05, 0.1) is 6.54 Å². The van der Waals surface area contributed by atoms with Crippen LogP contribution in [0.15, 0.2) is 4.99 Å². The molecule has 2 rings (SSSR count). The Labute approximate surface area is 144 Å². The minimum absolute atomic E-state index is 0. The van der Waals surface area contributed by atoms with Gasteiger partial charge in [-0.1, -0.05) is 27.2 Å². The number of hydrogen-bond acceptors (Lipinski definition) is 2. The fourth-order valence-electron chi connectivity index (χ4n) is 2.87. The Balaban J connectivity index is 0.00000242. The van der Waals surface area contributed by atoms with Crippen molar-refractivity contribution in [1.29, 1.82) is 5.26 Å². The molecule has 121 valence electrons. The van der Waals surface area contributed by atoms with Crippen molar-refractivity contribution in [3.63, 3.8) is 0 Å². The molecule has 0 aliphatic heterocycles. The number of hydrogen-bond donors (Lipinski definition) is 2. The van der Waals surface area contributed by atoms with Gasteiger partial charge in [-0.3, -0.25) is 5.32 Å². The van der Waals surface area contributed by atoms with E-state index in [-0.39, 0.29) is 32.1 Å². The van der Waals surface area contributed by atoms with E-state index >= 15 is 0 Å². The molecule has 1 unspecified atom stereocenters. The van der Waals surface area contributed by atoms with Crippen LogP contribution in [-0.4, -0.2) is 25.2 Å². The second kappa shape index (κ2) is 8.24. The van der Waals surface area contributed by atoms with Gasteiger partial charge in [-0.05, 0) is 6.42 Å². The number of nitrogens with one attached hydrogen (secondary N) is 2. The molecule has 0 bridgehead atoms. The molecule has 1 aromatic carbocycles. The third kappa shape index (κ3) is 4.04. The Kier molecular flexibility index (Phi) is 6.96. The molecule has 2 N–H and O–H groups in total. The Morgan fingerprint density at radius 3 is 2.64 bits per heavy atom. The third-order valence-electron chi connectivity index (χ3n) is 3.98. The molecule has 1 aromatic rings. The van der Waals surface area contributed by atoms with Crippen molar-refractivity contribution in [2.24, 2.45) is 4.99 Å². The molecule has 1 radical (unpaired) electrons. The molecule has 0 heterocycles. The van der Waals surface area contributed by atoms with Crippen LogP contribution in [0.4, 0.5) is 4.39 Å². The van der Waals surface area contributed by atoms with Crippen LogP contribution in [0.25, 0.3) is 0 Å². The van der Waals surface area contributed by atoms with E-state index in [2.05, 4.69) is 42.5 Å². The average Bonchev–Trinajstić information content (AvgIpc) is 2.87. The molecule has 1 aliphatic carbocycles. The number of halogens is 1. The van der Waals surface area contributed by atoms with Crippen molar-refractivity contribution in [3.05, 3.63) is 33.9 Å². The van der Waals surface area contributed by atoms with Crippen LogP contribution in [0.2, 0.25) is 0 Å². The van der Waals surface area contributed by atoms with Crippen LogP contribution < -0.4 is 10.6 Å². The molecule has 0 saturated heterocycles. The van der Waals surface area contributed by atoms with Crippen LogP contribution >= 0.6 is 0 Å². The zero-order chi connectivity index (χ0) is 15.4. The van der Waals surface area contributed by atoms with Crippen molar-refractivity contribution in [3.8, 4) is 6.19 Å². The zero-order valence-corrected chi connectivity index (χ0v) is 14.7. The van der Waals surface area contributed by atoms with E-state index in [1.54, 1.807) is 0 Å². The molecule has 0 aromatic heterocycles. The number of aliphatic imine (C=N–C) groups is 1. The SMILES string of the molecule is Cc1[c-]c(C)c2c(c1C)CC(NC(=NCCF)NC#N)C2.[Rh]. The average molecular weight is 390 g/mol. The first-order chi connectivity index (χ1) is 10.1. The monoisotopic (exact) mass is 390 g/mol. The maximum Gasteiger partial charge on any atom is 0.204 e. The fourth-order valence-corrected chi connectivity index (χ4v) is 2.87. The van der Waals surface area contributed by atoms with Gasteiger partial charge in [0.1, 0.15) is 6.67 Å². The first kappa shape index (κ1) is 18.6. The number of nitriles is 1. The van der Waals surface area contributed by atoms with E-state index in [4.69, 9.17) is 5.26 Å². The normalized spacial score (nSPS) is 16.5. The Bertz CT molecular complexity index is 607. The van der Waals surface area contributed by atoms with Crippen LogP contribution in [0.1, 0.15) is 27.8 Å². The molecule has 0 spiro atoms. The van der Waals surface area contributed by atoms with Gasteiger partial charge in [0.2, 0.25) is 5.96 Å². The summed E-state index contributed by atoms with van der Waals surface area (Å²) in [6.07, 6.45) is 3.60. The number of alkyl halides is 1. The summed E-state index contributed by atoms with van der Waals surface area (Å²) >= 11 is 0. The zero-order valence-electron chi connectivity index (χ0n) is 13.0. The molecule has 0 saturated carbocycles. The van der Waals surface area contributed by atoms with Gasteiger partial charge >= 0.3 is 0 Å². The number of nitrogens with zero attached hydrogens (tertiary/aromatic N) is 2. The number of aryl methyl sites for hydroxylation is 2. The van der Waals surface area contributed by atoms with Gasteiger partial charge in [0.25, 0.3) is 0 Å². The van der Waals surface area contributed by atoms with E-state index < -0.39 is 6.67 Å². The molecule has 6 heteroatoms.